The lowest BCUT2D eigenvalue weighted by Gasteiger charge is -2.41. The molecule has 0 N–H and O–H groups in total. The molecule has 10 nitrogen and oxygen atoms in total. The zero-order valence-corrected chi connectivity index (χ0v) is 89.5. The summed E-state index contributed by atoms with van der Waals surface area (Å²) >= 11 is 0. The lowest BCUT2D eigenvalue weighted by atomic mass is 9.63. The minimum atomic E-state index is -0.169. The Morgan fingerprint density at radius 1 is 0.299 bits per heavy atom. The van der Waals surface area contributed by atoms with E-state index in [1.165, 1.54) is 204 Å². The second kappa shape index (κ2) is 35.1. The van der Waals surface area contributed by atoms with Gasteiger partial charge in [0.15, 0.2) is 36.0 Å². The third-order valence-corrected chi connectivity index (χ3v) is 33.1. The van der Waals surface area contributed by atoms with Crippen molar-refractivity contribution >= 4 is 88.0 Å². The number of benzene rings is 10. The van der Waals surface area contributed by atoms with Gasteiger partial charge in [-0.2, -0.15) is 0 Å². The number of fused-ring (bicyclic) bond motifs is 26. The molecule has 25 rings (SSSR count). The van der Waals surface area contributed by atoms with E-state index in [2.05, 4.69) is 454 Å². The van der Waals surface area contributed by atoms with Crippen LogP contribution in [0.2, 0.25) is 0 Å². The first-order valence-electron chi connectivity index (χ1n) is 52.8. The Hall–Kier alpha value is -13.7. The summed E-state index contributed by atoms with van der Waals surface area (Å²) in [5, 5.41) is 9.29. The smallest absolute Gasteiger partial charge is 0.227 e. The first kappa shape index (κ1) is 95.2. The summed E-state index contributed by atoms with van der Waals surface area (Å²) in [5.41, 5.74) is 48.6. The third kappa shape index (κ3) is 15.2. The van der Waals surface area contributed by atoms with E-state index < -0.39 is 0 Å². The van der Waals surface area contributed by atoms with Crippen molar-refractivity contribution in [2.45, 2.75) is 225 Å². The van der Waals surface area contributed by atoms with Crippen molar-refractivity contribution in [1.29, 1.82) is 0 Å². The number of furan rings is 4. The van der Waals surface area contributed by atoms with Crippen LogP contribution in [0.4, 0.5) is 0 Å². The van der Waals surface area contributed by atoms with Crippen LogP contribution in [-0.2, 0) is 49.9 Å². The van der Waals surface area contributed by atoms with Crippen molar-refractivity contribution in [2.75, 3.05) is 0 Å². The highest BCUT2D eigenvalue weighted by atomic mass is 16.3. The van der Waals surface area contributed by atoms with Crippen molar-refractivity contribution in [3.8, 4) is 89.5 Å². The van der Waals surface area contributed by atoms with Gasteiger partial charge in [0.2, 0.25) is 34.2 Å². The summed E-state index contributed by atoms with van der Waals surface area (Å²) < 4.78 is 35.7. The van der Waals surface area contributed by atoms with Crippen LogP contribution in [0.25, 0.3) is 178 Å². The SMILES string of the molecule is Cc1cc[n+](C)c(-c2c(C)ccc3c2oc2cc4c(cc23)-c2ccccc2C4(C(C)C)C(C)C)c1.Cc1cc[n+](C)c(-c2c(C)ccc3c2oc2cc4c(cc23)-c2ccccc2C42CCCC2)c1.Cc1cc[n+](C)c(-c2c(C)ccc3c2oc2nc4c(cc23)-c2ccccc2C4(CC(C)(C)C)CC(C)(C)C)c1.Cc1cc[n+](C)c(-c2c(C)ccc3c2oc2nc4c(cc23)-c2ccccc2C4(CC(C)C)CC(C)C)c1. The minimum absolute atomic E-state index is 0.0270. The fraction of sp³-hybridized carbons (Fsp3) is 0.328. The van der Waals surface area contributed by atoms with E-state index in [4.69, 9.17) is 27.6 Å². The standard InChI is InChI=1S/C36H41N2O.C34H37N2O.C33H34NO.C31H28NO/c1-22-16-17-38(9)29(18-22)30-23(2)14-15-25-27-19-26-24-12-10-11-13-28(24)36(20-34(3,4)5,21-35(6,7)8)32(26)37-33(27)39-31(25)30;1-20(2)18-34(19-21(3)4)28-11-9-8-10-24(28)26-17-27-25-13-12-23(6)30(29-16-22(5)14-15-36(29)7)31(25)37-33(27)35-32(26)34;1-19(2)33(20(3)4)27-11-9-8-10-23(27)25-17-26-24-13-12-22(6)31(29-16-21(5)14-15-34(29)7)32(24)35-30(26)18-28(25)33;1-19-12-15-32(3)27(16-19)29-20(2)10-11-22-24-17-23-21-8-4-5-9-25(21)31(13-6-7-14-31)26(23)18-28(24)33-30(22)29/h10-19H,20-21H2,1-9H3;8-17,20-21H,18-19H2,1-7H3;8-20H,1-7H3;4-5,8-12,15-18H,6-7,13-14H2,1-3H3/q4*+1. The maximum absolute atomic E-state index is 6.78. The fourth-order valence-electron chi connectivity index (χ4n) is 27.6. The van der Waals surface area contributed by atoms with Gasteiger partial charge in [0.25, 0.3) is 0 Å². The average Bonchev–Trinajstić information content (AvgIpc) is 1.57. The summed E-state index contributed by atoms with van der Waals surface area (Å²) in [7, 11) is 8.43. The van der Waals surface area contributed by atoms with Crippen molar-refractivity contribution in [1.82, 2.24) is 9.97 Å². The molecule has 0 saturated heterocycles. The van der Waals surface area contributed by atoms with Gasteiger partial charge in [0.1, 0.15) is 50.5 Å². The number of nitrogens with zero attached hydrogens (tertiary/aromatic N) is 6. The van der Waals surface area contributed by atoms with E-state index in [0.717, 1.165) is 115 Å². The maximum Gasteiger partial charge on any atom is 0.227 e. The van der Waals surface area contributed by atoms with Gasteiger partial charge in [-0.25, -0.2) is 28.2 Å². The van der Waals surface area contributed by atoms with Crippen LogP contribution in [0.5, 0.6) is 0 Å². The Kier molecular flexibility index (Phi) is 23.2. The molecule has 0 aliphatic heterocycles. The fourth-order valence-corrected chi connectivity index (χ4v) is 27.6. The molecule has 1 spiro atoms. The van der Waals surface area contributed by atoms with Gasteiger partial charge in [-0.3, -0.25) is 0 Å². The van der Waals surface area contributed by atoms with Gasteiger partial charge in [-0.1, -0.05) is 255 Å². The predicted molar refractivity (Wildman–Crippen MR) is 595 cm³/mol. The predicted octanol–water partition coefficient (Wildman–Crippen LogP) is 33.5. The molecule has 5 aliphatic carbocycles. The Morgan fingerprint density at radius 2 is 0.604 bits per heavy atom. The lowest BCUT2D eigenvalue weighted by molar-refractivity contribution is -0.660. The second-order valence-corrected chi connectivity index (χ2v) is 47.5. The van der Waals surface area contributed by atoms with E-state index in [0.29, 0.717) is 23.7 Å². The normalized spacial score (nSPS) is 14.8. The molecule has 5 aliphatic rings. The van der Waals surface area contributed by atoms with Crippen molar-refractivity contribution in [2.24, 2.45) is 62.7 Å². The monoisotopic (exact) mass is 1900 g/mol. The van der Waals surface area contributed by atoms with Gasteiger partial charge in [0.05, 0.1) is 33.6 Å². The summed E-state index contributed by atoms with van der Waals surface area (Å²) in [5.74, 6) is 2.05. The molecule has 0 radical (unpaired) electrons. The molecule has 10 heterocycles. The first-order valence-corrected chi connectivity index (χ1v) is 52.8. The number of rotatable bonds is 12. The molecular formula is C134H140N6O4+4. The highest BCUT2D eigenvalue weighted by Crippen LogP contribution is 2.64. The van der Waals surface area contributed by atoms with Crippen LogP contribution >= 0.6 is 0 Å². The van der Waals surface area contributed by atoms with Crippen LogP contribution in [-0.4, -0.2) is 9.97 Å². The van der Waals surface area contributed by atoms with Gasteiger partial charge in [-0.15, -0.1) is 0 Å². The number of hydrogen-bond donors (Lipinski definition) is 0. The Balaban J connectivity index is 0.000000110. The number of aromatic nitrogens is 6. The largest absolute Gasteiger partial charge is 0.455 e. The van der Waals surface area contributed by atoms with E-state index in [9.17, 15) is 0 Å². The molecule has 1 fully saturated rings. The molecule has 10 aromatic carbocycles. The quantitative estimate of drug-likeness (QED) is 0.113. The number of aryl methyl sites for hydroxylation is 12. The zero-order chi connectivity index (χ0) is 101. The van der Waals surface area contributed by atoms with Gasteiger partial charge >= 0.3 is 0 Å². The van der Waals surface area contributed by atoms with E-state index in [1.54, 1.807) is 0 Å². The van der Waals surface area contributed by atoms with Gasteiger partial charge < -0.3 is 17.7 Å². The van der Waals surface area contributed by atoms with E-state index in [-0.39, 0.29) is 32.5 Å². The third-order valence-electron chi connectivity index (χ3n) is 33.1. The van der Waals surface area contributed by atoms with Crippen LogP contribution in [0, 0.1) is 89.9 Å². The zero-order valence-electron chi connectivity index (χ0n) is 89.5. The molecular weight excluding hydrogens is 1760 g/mol. The summed E-state index contributed by atoms with van der Waals surface area (Å²) in [6.07, 6.45) is 17.8. The average molecular weight is 1900 g/mol. The van der Waals surface area contributed by atoms with E-state index in [1.807, 2.05) is 0 Å². The van der Waals surface area contributed by atoms with Crippen LogP contribution < -0.4 is 18.3 Å². The topological polar surface area (TPSA) is 93.9 Å². The molecule has 0 bridgehead atoms. The van der Waals surface area contributed by atoms with Gasteiger partial charge in [0, 0.05) is 124 Å². The Morgan fingerprint density at radius 3 is 0.972 bits per heavy atom. The van der Waals surface area contributed by atoms with Crippen LogP contribution in [0.1, 0.15) is 238 Å². The maximum atomic E-state index is 6.78. The molecule has 0 amide bonds. The Bertz CT molecular complexity index is 8630. The number of pyridine rings is 6. The molecule has 0 atom stereocenters. The highest BCUT2D eigenvalue weighted by molar-refractivity contribution is 6.15. The highest BCUT2D eigenvalue weighted by Gasteiger charge is 2.53. The molecule has 10 aromatic heterocycles. The summed E-state index contributed by atoms with van der Waals surface area (Å²) in [6.45, 7) is 50.2. The van der Waals surface area contributed by atoms with Crippen molar-refractivity contribution < 1.29 is 35.9 Å². The lowest BCUT2D eigenvalue weighted by Crippen LogP contribution is -2.37. The van der Waals surface area contributed by atoms with E-state index >= 15 is 0 Å². The minimum Gasteiger partial charge on any atom is -0.455 e. The van der Waals surface area contributed by atoms with Crippen LogP contribution in [0.3, 0.4) is 0 Å². The van der Waals surface area contributed by atoms with Crippen LogP contribution in [0.15, 0.2) is 273 Å². The summed E-state index contributed by atoms with van der Waals surface area (Å²) in [6, 6.07) is 85.8. The van der Waals surface area contributed by atoms with Gasteiger partial charge in [-0.05, 0) is 276 Å². The first-order chi connectivity index (χ1) is 68.8. The molecule has 0 unspecified atom stereocenters. The van der Waals surface area contributed by atoms with Crippen molar-refractivity contribution in [3.05, 3.63) is 345 Å². The molecule has 10 heteroatoms. The van der Waals surface area contributed by atoms with Crippen molar-refractivity contribution in [3.63, 3.8) is 0 Å². The molecule has 1 saturated carbocycles. The summed E-state index contributed by atoms with van der Waals surface area (Å²) in [4.78, 5) is 10.9. The Labute approximate surface area is 850 Å². The number of hydrogen-bond acceptors (Lipinski definition) is 6. The molecule has 144 heavy (non-hydrogen) atoms. The molecule has 20 aromatic rings. The second-order valence-electron chi connectivity index (χ2n) is 47.5. The molecule has 726 valence electrons.